The third kappa shape index (κ3) is 7.40. The van der Waals surface area contributed by atoms with Crippen molar-refractivity contribution in [2.24, 2.45) is 0 Å². The molecule has 158 valence electrons. The molecule has 0 bridgehead atoms. The number of pyridine rings is 1. The summed E-state index contributed by atoms with van der Waals surface area (Å²) in [5.74, 6) is 0.0215. The predicted molar refractivity (Wildman–Crippen MR) is 111 cm³/mol. The zero-order valence-electron chi connectivity index (χ0n) is 15.9. The third-order valence-electron chi connectivity index (χ3n) is 4.33. The first-order valence-corrected chi connectivity index (χ1v) is 10.7. The minimum absolute atomic E-state index is 0. The highest BCUT2D eigenvalue weighted by Crippen LogP contribution is 2.19. The van der Waals surface area contributed by atoms with E-state index in [0.717, 1.165) is 44.7 Å². The van der Waals surface area contributed by atoms with E-state index in [0.29, 0.717) is 17.9 Å². The molecule has 1 fully saturated rings. The van der Waals surface area contributed by atoms with Crippen LogP contribution in [0.3, 0.4) is 0 Å². The first-order chi connectivity index (χ1) is 13.5. The van der Waals surface area contributed by atoms with E-state index in [1.54, 1.807) is 12.1 Å². The van der Waals surface area contributed by atoms with Gasteiger partial charge in [0, 0.05) is 31.2 Å². The van der Waals surface area contributed by atoms with Crippen LogP contribution in [0.15, 0.2) is 52.9 Å². The lowest BCUT2D eigenvalue weighted by atomic mass is 10.3. The highest BCUT2D eigenvalue weighted by Gasteiger charge is 2.11. The lowest BCUT2D eigenvalue weighted by molar-refractivity contribution is 0.0358. The SMILES string of the molecule is Cl.O=S(=O)(/C=C/c1ccc(F)nc1)c1ccc(OCCCN2CCOCC2)cc1. The number of morpholine rings is 1. The standard InChI is InChI=1S/C20H23FN2O4S.ClH/c21-20-7-2-17(16-22-20)8-15-28(24,25)19-5-3-18(4-6-19)27-12-1-9-23-10-13-26-14-11-23;/h2-8,15-16H,1,9-14H2;1H/b15-8+;. The van der Waals surface area contributed by atoms with E-state index in [1.165, 1.54) is 36.5 Å². The fourth-order valence-corrected chi connectivity index (χ4v) is 3.77. The zero-order chi connectivity index (χ0) is 19.8. The van der Waals surface area contributed by atoms with E-state index in [-0.39, 0.29) is 17.3 Å². The highest BCUT2D eigenvalue weighted by molar-refractivity contribution is 7.94. The maximum atomic E-state index is 12.8. The zero-order valence-corrected chi connectivity index (χ0v) is 17.5. The Kier molecular flexibility index (Phi) is 9.03. The molecule has 1 aromatic carbocycles. The number of aromatic nitrogens is 1. The second kappa shape index (κ2) is 11.3. The monoisotopic (exact) mass is 442 g/mol. The van der Waals surface area contributed by atoms with Crippen molar-refractivity contribution in [3.8, 4) is 5.75 Å². The number of sulfone groups is 1. The van der Waals surface area contributed by atoms with Gasteiger partial charge in [0.25, 0.3) is 0 Å². The first kappa shape index (κ1) is 23.3. The van der Waals surface area contributed by atoms with Gasteiger partial charge in [-0.3, -0.25) is 4.90 Å². The summed E-state index contributed by atoms with van der Waals surface area (Å²) in [6, 6.07) is 8.96. The molecule has 1 aromatic heterocycles. The summed E-state index contributed by atoms with van der Waals surface area (Å²) in [5.41, 5.74) is 0.505. The van der Waals surface area contributed by atoms with Gasteiger partial charge in [-0.1, -0.05) is 0 Å². The van der Waals surface area contributed by atoms with E-state index >= 15 is 0 Å². The normalized spacial score (nSPS) is 15.2. The summed E-state index contributed by atoms with van der Waals surface area (Å²) in [7, 11) is -3.60. The average molecular weight is 443 g/mol. The molecule has 1 aliphatic rings. The Bertz CT molecular complexity index is 884. The molecule has 29 heavy (non-hydrogen) atoms. The number of ether oxygens (including phenoxy) is 2. The first-order valence-electron chi connectivity index (χ1n) is 9.11. The smallest absolute Gasteiger partial charge is 0.212 e. The predicted octanol–water partition coefficient (Wildman–Crippen LogP) is 3.19. The van der Waals surface area contributed by atoms with Gasteiger partial charge in [-0.05, 0) is 54.5 Å². The average Bonchev–Trinajstić information content (AvgIpc) is 2.72. The summed E-state index contributed by atoms with van der Waals surface area (Å²) < 4.78 is 48.6. The third-order valence-corrected chi connectivity index (χ3v) is 5.76. The Hall–Kier alpha value is -2.00. The lowest BCUT2D eigenvalue weighted by Gasteiger charge is -2.26. The molecule has 0 spiro atoms. The van der Waals surface area contributed by atoms with Crippen LogP contribution in [0.2, 0.25) is 0 Å². The molecule has 0 radical (unpaired) electrons. The van der Waals surface area contributed by atoms with Crippen LogP contribution in [0, 0.1) is 5.95 Å². The van der Waals surface area contributed by atoms with Crippen LogP contribution in [0.25, 0.3) is 6.08 Å². The van der Waals surface area contributed by atoms with Crippen molar-refractivity contribution in [2.75, 3.05) is 39.5 Å². The minimum Gasteiger partial charge on any atom is -0.494 e. The Morgan fingerprint density at radius 2 is 1.86 bits per heavy atom. The van der Waals surface area contributed by atoms with Crippen LogP contribution in [0.4, 0.5) is 4.39 Å². The summed E-state index contributed by atoms with van der Waals surface area (Å²) in [5, 5.41) is 1.08. The molecule has 2 heterocycles. The second-order valence-corrected chi connectivity index (χ2v) is 8.22. The van der Waals surface area contributed by atoms with Gasteiger partial charge in [0.05, 0.1) is 24.7 Å². The summed E-state index contributed by atoms with van der Waals surface area (Å²) in [6.07, 6.45) is 3.56. The fraction of sp³-hybridized carbons (Fsp3) is 0.350. The van der Waals surface area contributed by atoms with E-state index in [9.17, 15) is 12.8 Å². The van der Waals surface area contributed by atoms with Crippen LogP contribution in [-0.2, 0) is 14.6 Å². The van der Waals surface area contributed by atoms with Crippen molar-refractivity contribution in [3.05, 3.63) is 59.5 Å². The van der Waals surface area contributed by atoms with Crippen LogP contribution in [0.1, 0.15) is 12.0 Å². The quantitative estimate of drug-likeness (QED) is 0.462. The molecule has 0 unspecified atom stereocenters. The Labute approximate surface area is 176 Å². The van der Waals surface area contributed by atoms with Crippen LogP contribution >= 0.6 is 12.4 Å². The molecule has 1 aliphatic heterocycles. The summed E-state index contributed by atoms with van der Waals surface area (Å²) in [4.78, 5) is 6.00. The van der Waals surface area contributed by atoms with Gasteiger partial charge in [0.1, 0.15) is 5.75 Å². The molecule has 0 atom stereocenters. The van der Waals surface area contributed by atoms with Crippen LogP contribution < -0.4 is 4.74 Å². The van der Waals surface area contributed by atoms with Gasteiger partial charge >= 0.3 is 0 Å². The topological polar surface area (TPSA) is 68.7 Å². The number of hydrogen-bond donors (Lipinski definition) is 0. The Balaban J connectivity index is 0.00000300. The van der Waals surface area contributed by atoms with Gasteiger partial charge < -0.3 is 9.47 Å². The van der Waals surface area contributed by atoms with E-state index in [2.05, 4.69) is 9.88 Å². The highest BCUT2D eigenvalue weighted by atomic mass is 35.5. The van der Waals surface area contributed by atoms with Crippen molar-refractivity contribution >= 4 is 28.3 Å². The lowest BCUT2D eigenvalue weighted by Crippen LogP contribution is -2.37. The molecule has 1 saturated heterocycles. The molecule has 0 N–H and O–H groups in total. The van der Waals surface area contributed by atoms with Crippen molar-refractivity contribution in [2.45, 2.75) is 11.3 Å². The minimum atomic E-state index is -3.60. The Morgan fingerprint density at radius 1 is 1.14 bits per heavy atom. The number of hydrogen-bond acceptors (Lipinski definition) is 6. The Morgan fingerprint density at radius 3 is 2.52 bits per heavy atom. The van der Waals surface area contributed by atoms with Crippen molar-refractivity contribution in [3.63, 3.8) is 0 Å². The van der Waals surface area contributed by atoms with Gasteiger partial charge in [0.15, 0.2) is 9.84 Å². The van der Waals surface area contributed by atoms with Crippen molar-refractivity contribution in [1.29, 1.82) is 0 Å². The fourth-order valence-electron chi connectivity index (χ4n) is 2.76. The number of halogens is 2. The molecule has 9 heteroatoms. The maximum Gasteiger partial charge on any atom is 0.212 e. The molecular weight excluding hydrogens is 419 g/mol. The van der Waals surface area contributed by atoms with Crippen LogP contribution in [-0.4, -0.2) is 57.8 Å². The number of rotatable bonds is 8. The van der Waals surface area contributed by atoms with Crippen LogP contribution in [0.5, 0.6) is 5.75 Å². The molecular formula is C20H24ClFN2O4S. The number of nitrogens with zero attached hydrogens (tertiary/aromatic N) is 2. The van der Waals surface area contributed by atoms with Crippen molar-refractivity contribution in [1.82, 2.24) is 9.88 Å². The van der Waals surface area contributed by atoms with Gasteiger partial charge in [-0.25, -0.2) is 13.4 Å². The molecule has 3 rings (SSSR count). The maximum absolute atomic E-state index is 12.8. The van der Waals surface area contributed by atoms with E-state index < -0.39 is 15.8 Å². The van der Waals surface area contributed by atoms with E-state index in [4.69, 9.17) is 9.47 Å². The second-order valence-electron chi connectivity index (χ2n) is 6.39. The molecule has 0 saturated carbocycles. The summed E-state index contributed by atoms with van der Waals surface area (Å²) in [6.45, 7) is 4.99. The van der Waals surface area contributed by atoms with Gasteiger partial charge in [-0.2, -0.15) is 4.39 Å². The van der Waals surface area contributed by atoms with Gasteiger partial charge in [0.2, 0.25) is 5.95 Å². The number of benzene rings is 1. The molecule has 0 aliphatic carbocycles. The summed E-state index contributed by atoms with van der Waals surface area (Å²) >= 11 is 0. The molecule has 6 nitrogen and oxygen atoms in total. The largest absolute Gasteiger partial charge is 0.494 e. The van der Waals surface area contributed by atoms with Gasteiger partial charge in [-0.15, -0.1) is 12.4 Å². The van der Waals surface area contributed by atoms with Crippen molar-refractivity contribution < 1.29 is 22.3 Å². The molecule has 0 amide bonds. The van der Waals surface area contributed by atoms with E-state index in [1.807, 2.05) is 0 Å². The molecule has 2 aromatic rings.